The van der Waals surface area contributed by atoms with Crippen molar-refractivity contribution < 1.29 is 155 Å². The molecule has 1 fully saturated rings. The van der Waals surface area contributed by atoms with Crippen molar-refractivity contribution in [2.75, 3.05) is 86.2 Å². The van der Waals surface area contributed by atoms with Crippen LogP contribution in [0.1, 0.15) is 249 Å². The molecular weight excluding hydrogens is 1510 g/mol. The summed E-state index contributed by atoms with van der Waals surface area (Å²) < 4.78 is 56.9. The predicted molar refractivity (Wildman–Crippen MR) is 425 cm³/mol. The fourth-order valence-corrected chi connectivity index (χ4v) is 8.11. The van der Waals surface area contributed by atoms with Gasteiger partial charge >= 0.3 is 77.8 Å². The molecular formula is C80H141N3O32. The normalized spacial score (nSPS) is 15.6. The first-order valence-corrected chi connectivity index (χ1v) is 38.9. The van der Waals surface area contributed by atoms with Gasteiger partial charge in [-0.25, -0.2) is 19.2 Å². The van der Waals surface area contributed by atoms with Crippen LogP contribution in [-0.2, 0) is 105 Å². The largest absolute Gasteiger partial charge is 0.481 e. The zero-order valence-corrected chi connectivity index (χ0v) is 72.0. The molecule has 0 saturated heterocycles. The average molecular weight is 1660 g/mol. The van der Waals surface area contributed by atoms with E-state index >= 15 is 0 Å². The second-order valence-corrected chi connectivity index (χ2v) is 25.4. The summed E-state index contributed by atoms with van der Waals surface area (Å²) >= 11 is 0. The summed E-state index contributed by atoms with van der Waals surface area (Å²) in [4.78, 5) is 150. The Morgan fingerprint density at radius 1 is 0.470 bits per heavy atom. The van der Waals surface area contributed by atoms with Gasteiger partial charge in [0.1, 0.15) is 58.0 Å². The number of carboxylic acid groups (broad SMARTS) is 2. The van der Waals surface area contributed by atoms with Crippen LogP contribution < -0.4 is 16.0 Å². The molecule has 0 spiro atoms. The van der Waals surface area contributed by atoms with Crippen molar-refractivity contribution in [1.82, 2.24) is 16.0 Å². The number of aliphatic hydroxyl groups excluding tert-OH is 4. The van der Waals surface area contributed by atoms with E-state index in [4.69, 9.17) is 58.7 Å². The number of esters is 9. The van der Waals surface area contributed by atoms with Gasteiger partial charge in [0.15, 0.2) is 0 Å². The van der Waals surface area contributed by atoms with Crippen molar-refractivity contribution in [1.29, 1.82) is 0 Å². The minimum atomic E-state index is -1.20. The van der Waals surface area contributed by atoms with Crippen molar-refractivity contribution in [2.24, 2.45) is 23.7 Å². The number of hydrogen-bond donors (Lipinski definition) is 9. The number of carbonyl (C=O) groups excluding carboxylic acids is 12. The molecule has 0 heterocycles. The minimum Gasteiger partial charge on any atom is -0.481 e. The SMILES string of the molecule is CC(=O)NCCOC(C)=O.CCC(C)OC(=O)NCCOC(C)=O.CCC(COC(C)=O)OC(=O)C1CC=CCC1C(=O)O.CCC(COC(C)=O)OC(=O)c1ccccc1C(=O)O.CCC(O)CC.CCC(O)COC(C)=O.CCC1CCC(C)CC1O.CCCOC(=O)NCCOC(C)=O.CCOCC(O)CC.COC(C)=O. The maximum Gasteiger partial charge on any atom is 0.407 e. The second kappa shape index (κ2) is 80.1. The number of methoxy groups -OCH3 is 1. The number of carboxylic acids is 2. The van der Waals surface area contributed by atoms with Crippen LogP contribution in [0.4, 0.5) is 9.59 Å². The van der Waals surface area contributed by atoms with Crippen molar-refractivity contribution >= 4 is 83.8 Å². The van der Waals surface area contributed by atoms with Crippen LogP contribution in [0.3, 0.4) is 0 Å². The Kier molecular flexibility index (Phi) is 83.1. The number of hydrogen-bond acceptors (Lipinski definition) is 30. The molecule has 1 aromatic rings. The summed E-state index contributed by atoms with van der Waals surface area (Å²) in [7, 11) is 1.35. The van der Waals surface area contributed by atoms with Crippen LogP contribution in [0.15, 0.2) is 36.4 Å². The standard InChI is InChI=1S/C14H20O6.C14H16O6.C9H17NO4.C9H18O.C8H15NO4.C6H11NO3.C6H12O3.C6H14O2.C5H12O.C3H6O2/c2*1-3-10(8-19-9(2)15)20-14(18)12-7-5-4-6-11(12)13(16)17;1-4-7(2)14-9(12)10-5-6-13-8(3)11;1-3-8-5-4-7(2)6-9(8)10;1-3-5-13-8(11)9-4-6-12-7(2)10;1-5(8)7-3-4-10-6(2)9;1-3-6(8)4-9-5(2)7;1-3-6(7)5-8-4-2;1-3-5(6)4-2;1-3(4)5-2/h4-5,10-12H,3,6-8H2,1-2H3,(H,16,17);4-7,10H,3,8H2,1-2H3,(H,16,17);7H,4-6H2,1-3H3,(H,10,12);7-10H,3-6H2,1-2H3;3-6H2,1-2H3,(H,9,11);3-4H2,1-2H3,(H,7,8);6,8H,3-4H2,1-2H3;6-7H,3-5H2,1-2H3;5-6H,3-4H2,1-2H3;1-2H3. The molecule has 668 valence electrons. The number of benzene rings is 1. The van der Waals surface area contributed by atoms with Crippen LogP contribution >= 0.6 is 0 Å². The quantitative estimate of drug-likeness (QED) is 0.0132. The lowest BCUT2D eigenvalue weighted by molar-refractivity contribution is -0.166. The van der Waals surface area contributed by atoms with Crippen molar-refractivity contribution in [3.8, 4) is 0 Å². The highest BCUT2D eigenvalue weighted by atomic mass is 16.6. The van der Waals surface area contributed by atoms with E-state index in [0.29, 0.717) is 64.4 Å². The number of rotatable bonds is 35. The van der Waals surface area contributed by atoms with Gasteiger partial charge < -0.3 is 103 Å². The first-order chi connectivity index (χ1) is 54.0. The zero-order chi connectivity index (χ0) is 89.8. The number of allylic oxidation sites excluding steroid dienone is 2. The summed E-state index contributed by atoms with van der Waals surface area (Å²) in [6, 6.07) is 5.78. The molecule has 2 aliphatic carbocycles. The number of ether oxygens (including phenoxy) is 12. The van der Waals surface area contributed by atoms with Gasteiger partial charge in [0, 0.05) is 62.0 Å². The number of aliphatic carboxylic acids is 1. The van der Waals surface area contributed by atoms with Gasteiger partial charge in [-0.1, -0.05) is 106 Å². The van der Waals surface area contributed by atoms with Crippen LogP contribution in [0.2, 0.25) is 0 Å². The minimum absolute atomic E-state index is 0.00211. The van der Waals surface area contributed by atoms with Gasteiger partial charge in [-0.15, -0.1) is 0 Å². The molecule has 2 aliphatic rings. The van der Waals surface area contributed by atoms with Crippen molar-refractivity contribution in [3.05, 3.63) is 47.5 Å². The van der Waals surface area contributed by atoms with Crippen LogP contribution in [0.5, 0.6) is 0 Å². The molecule has 1 saturated carbocycles. The maximum atomic E-state index is 12.1. The number of aromatic carboxylic acids is 1. The summed E-state index contributed by atoms with van der Waals surface area (Å²) in [5.41, 5.74) is -0.152. The predicted octanol–water partition coefficient (Wildman–Crippen LogP) is 9.52. The number of nitrogens with one attached hydrogen (secondary N) is 3. The average Bonchev–Trinajstić information content (AvgIpc) is 0.854. The molecule has 3 rings (SSSR count). The zero-order valence-electron chi connectivity index (χ0n) is 72.0. The Bertz CT molecular complexity index is 2800. The van der Waals surface area contributed by atoms with Gasteiger partial charge in [-0.3, -0.25) is 47.9 Å². The van der Waals surface area contributed by atoms with E-state index in [1.165, 1.54) is 93.5 Å². The van der Waals surface area contributed by atoms with Crippen molar-refractivity contribution in [3.63, 3.8) is 0 Å². The number of alkyl carbamates (subject to hydrolysis) is 2. The van der Waals surface area contributed by atoms with Crippen molar-refractivity contribution in [2.45, 2.75) is 271 Å². The molecule has 35 nitrogen and oxygen atoms in total. The van der Waals surface area contributed by atoms with Crippen LogP contribution in [0.25, 0.3) is 0 Å². The molecule has 0 aromatic heterocycles. The summed E-state index contributed by atoms with van der Waals surface area (Å²) in [6.45, 7) is 37.0. The Labute approximate surface area is 680 Å². The van der Waals surface area contributed by atoms with E-state index in [1.807, 2.05) is 55.4 Å². The monoisotopic (exact) mass is 1660 g/mol. The molecule has 10 atom stereocenters. The van der Waals surface area contributed by atoms with E-state index in [0.717, 1.165) is 50.9 Å². The van der Waals surface area contributed by atoms with E-state index < -0.39 is 78.2 Å². The Morgan fingerprint density at radius 2 is 0.887 bits per heavy atom. The molecule has 0 aliphatic heterocycles. The smallest absolute Gasteiger partial charge is 0.407 e. The fraction of sp³-hybridized carbons (Fsp3) is 0.725. The van der Waals surface area contributed by atoms with E-state index in [9.17, 15) is 72.2 Å². The summed E-state index contributed by atoms with van der Waals surface area (Å²) in [6.07, 6.45) is 11.6. The lowest BCUT2D eigenvalue weighted by Crippen LogP contribution is -2.35. The number of carbonyl (C=O) groups is 14. The molecule has 3 amide bonds. The summed E-state index contributed by atoms with van der Waals surface area (Å²) in [5.74, 6) is -6.24. The molecule has 35 heteroatoms. The first-order valence-electron chi connectivity index (χ1n) is 38.9. The third-order valence-electron chi connectivity index (χ3n) is 15.2. The maximum absolute atomic E-state index is 12.1. The molecule has 9 N–H and O–H groups in total. The first kappa shape index (κ1) is 119. The molecule has 115 heavy (non-hydrogen) atoms. The summed E-state index contributed by atoms with van der Waals surface area (Å²) in [5, 5.41) is 61.4. The topological polar surface area (TPSA) is 507 Å². The fourth-order valence-electron chi connectivity index (χ4n) is 8.11. The highest BCUT2D eigenvalue weighted by Gasteiger charge is 2.36. The number of amides is 3. The Balaban J connectivity index is -0.000000231. The highest BCUT2D eigenvalue weighted by Crippen LogP contribution is 2.31. The van der Waals surface area contributed by atoms with Crippen LogP contribution in [0, 0.1) is 23.7 Å². The van der Waals surface area contributed by atoms with E-state index in [-0.39, 0.29) is 124 Å². The van der Waals surface area contributed by atoms with Gasteiger partial charge in [0.2, 0.25) is 5.91 Å². The van der Waals surface area contributed by atoms with Gasteiger partial charge in [-0.05, 0) is 115 Å². The lowest BCUT2D eigenvalue weighted by Gasteiger charge is -2.30. The van der Waals surface area contributed by atoms with Gasteiger partial charge in [-0.2, -0.15) is 0 Å². The van der Waals surface area contributed by atoms with Crippen LogP contribution in [-0.4, -0.2) is 243 Å². The third-order valence-corrected chi connectivity index (χ3v) is 15.2. The Morgan fingerprint density at radius 3 is 1.25 bits per heavy atom. The van der Waals surface area contributed by atoms with E-state index in [2.05, 4.69) is 53.5 Å². The van der Waals surface area contributed by atoms with E-state index in [1.54, 1.807) is 32.1 Å². The number of aliphatic hydroxyl groups is 4. The second-order valence-electron chi connectivity index (χ2n) is 25.4. The lowest BCUT2D eigenvalue weighted by atomic mass is 9.79. The van der Waals surface area contributed by atoms with Gasteiger partial charge in [0.05, 0.1) is 87.3 Å². The molecule has 0 radical (unpaired) electrons. The highest BCUT2D eigenvalue weighted by molar-refractivity contribution is 6.02. The molecule has 10 unspecified atom stereocenters. The Hall–Kier alpha value is -9.06. The molecule has 0 bridgehead atoms. The molecule has 1 aromatic carbocycles. The van der Waals surface area contributed by atoms with Gasteiger partial charge in [0.25, 0.3) is 0 Å². The third kappa shape index (κ3) is 82.7.